The number of nitrogens with zero attached hydrogens (tertiary/aromatic N) is 3. The number of carbonyl (C=O) groups excluding carboxylic acids is 1. The number of aliphatic hydroxyl groups is 1. The Hall–Kier alpha value is -3.25. The Morgan fingerprint density at radius 3 is 1.88 bits per heavy atom. The standard InChI is InChI=1S/C15H19N3OS.C6H8O7/c1-4-6-15(7-5-2)8-9-18(15)13(19)12-10-16-14(20-3)17-11-12;7-3(8)1-6(13,5(11)12)2-4(9)10/h4-5,10-11H,1-2,6-9H2,3H3;13H,1-2H2,(H,7,8)(H,9,10)(H,11,12). The maximum atomic E-state index is 12.6. The Kier molecular flexibility index (Phi) is 10.2. The van der Waals surface area contributed by atoms with E-state index >= 15 is 0 Å². The van der Waals surface area contributed by atoms with Gasteiger partial charge in [-0.15, -0.1) is 13.2 Å². The summed E-state index contributed by atoms with van der Waals surface area (Å²) in [5, 5.41) is 34.5. The summed E-state index contributed by atoms with van der Waals surface area (Å²) < 4.78 is 0. The van der Waals surface area contributed by atoms with Crippen LogP contribution < -0.4 is 0 Å². The molecule has 12 heteroatoms. The van der Waals surface area contributed by atoms with Gasteiger partial charge in [-0.1, -0.05) is 23.9 Å². The summed E-state index contributed by atoms with van der Waals surface area (Å²) in [6.07, 6.45) is 9.13. The first-order chi connectivity index (χ1) is 15.4. The molecule has 0 aliphatic carbocycles. The number of thioether (sulfide) groups is 1. The summed E-state index contributed by atoms with van der Waals surface area (Å²) in [7, 11) is 0. The number of carboxylic acids is 3. The fourth-order valence-electron chi connectivity index (χ4n) is 3.30. The molecule has 0 saturated carbocycles. The van der Waals surface area contributed by atoms with Gasteiger partial charge < -0.3 is 25.3 Å². The number of hydrogen-bond donors (Lipinski definition) is 4. The molecule has 33 heavy (non-hydrogen) atoms. The maximum absolute atomic E-state index is 12.6. The second kappa shape index (κ2) is 12.1. The van der Waals surface area contributed by atoms with E-state index in [1.165, 1.54) is 11.8 Å². The van der Waals surface area contributed by atoms with Crippen molar-refractivity contribution in [2.45, 2.75) is 48.4 Å². The molecule has 0 bridgehead atoms. The van der Waals surface area contributed by atoms with E-state index in [1.807, 2.05) is 23.3 Å². The number of carboxylic acid groups (broad SMARTS) is 3. The van der Waals surface area contributed by atoms with Crippen LogP contribution in [0, 0.1) is 0 Å². The fraction of sp³-hybridized carbons (Fsp3) is 0.429. The highest BCUT2D eigenvalue weighted by Crippen LogP contribution is 2.38. The molecule has 1 aliphatic rings. The van der Waals surface area contributed by atoms with E-state index in [2.05, 4.69) is 23.1 Å². The molecule has 180 valence electrons. The van der Waals surface area contributed by atoms with Crippen LogP contribution in [0.25, 0.3) is 0 Å². The van der Waals surface area contributed by atoms with Crippen LogP contribution in [0.1, 0.15) is 42.5 Å². The maximum Gasteiger partial charge on any atom is 0.336 e. The van der Waals surface area contributed by atoms with Gasteiger partial charge in [-0.3, -0.25) is 14.4 Å². The van der Waals surface area contributed by atoms with Crippen LogP contribution in [0.5, 0.6) is 0 Å². The Morgan fingerprint density at radius 1 is 1.09 bits per heavy atom. The van der Waals surface area contributed by atoms with E-state index in [0.29, 0.717) is 10.7 Å². The van der Waals surface area contributed by atoms with Gasteiger partial charge in [0.25, 0.3) is 5.91 Å². The van der Waals surface area contributed by atoms with E-state index in [-0.39, 0.29) is 11.4 Å². The molecular weight excluding hydrogens is 454 g/mol. The smallest absolute Gasteiger partial charge is 0.336 e. The summed E-state index contributed by atoms with van der Waals surface area (Å²) in [4.78, 5) is 53.3. The number of aromatic nitrogens is 2. The van der Waals surface area contributed by atoms with Gasteiger partial charge in [0.1, 0.15) is 0 Å². The van der Waals surface area contributed by atoms with Crippen molar-refractivity contribution in [2.24, 2.45) is 0 Å². The molecule has 0 spiro atoms. The quantitative estimate of drug-likeness (QED) is 0.205. The van der Waals surface area contributed by atoms with Gasteiger partial charge in [0.2, 0.25) is 0 Å². The number of rotatable bonds is 11. The lowest BCUT2D eigenvalue weighted by atomic mass is 9.78. The minimum Gasteiger partial charge on any atom is -0.481 e. The lowest BCUT2D eigenvalue weighted by molar-refractivity contribution is -0.170. The Labute approximate surface area is 194 Å². The van der Waals surface area contributed by atoms with Crippen molar-refractivity contribution in [1.82, 2.24) is 14.9 Å². The summed E-state index contributed by atoms with van der Waals surface area (Å²) >= 11 is 1.46. The Balaban J connectivity index is 0.000000366. The third kappa shape index (κ3) is 7.39. The topological polar surface area (TPSA) is 178 Å². The van der Waals surface area contributed by atoms with E-state index in [0.717, 1.165) is 25.8 Å². The second-order valence-electron chi connectivity index (χ2n) is 7.35. The minimum atomic E-state index is -2.74. The molecule has 1 aromatic heterocycles. The van der Waals surface area contributed by atoms with Gasteiger partial charge in [0, 0.05) is 18.9 Å². The van der Waals surface area contributed by atoms with Crippen LogP contribution in [0.3, 0.4) is 0 Å². The van der Waals surface area contributed by atoms with Crippen molar-refractivity contribution in [3.63, 3.8) is 0 Å². The largest absolute Gasteiger partial charge is 0.481 e. The predicted molar refractivity (Wildman–Crippen MR) is 119 cm³/mol. The summed E-state index contributed by atoms with van der Waals surface area (Å²) in [5.74, 6) is -5.03. The van der Waals surface area contributed by atoms with Crippen molar-refractivity contribution >= 4 is 35.6 Å². The third-order valence-corrected chi connectivity index (χ3v) is 5.59. The molecule has 1 fully saturated rings. The average molecular weight is 482 g/mol. The van der Waals surface area contributed by atoms with Gasteiger partial charge >= 0.3 is 17.9 Å². The lowest BCUT2D eigenvalue weighted by Gasteiger charge is -2.52. The molecule has 0 aromatic carbocycles. The van der Waals surface area contributed by atoms with Gasteiger partial charge in [-0.2, -0.15) is 0 Å². The summed E-state index contributed by atoms with van der Waals surface area (Å²) in [6, 6.07) is 0. The van der Waals surface area contributed by atoms with E-state index < -0.39 is 36.4 Å². The van der Waals surface area contributed by atoms with E-state index in [1.54, 1.807) is 12.4 Å². The van der Waals surface area contributed by atoms with Gasteiger partial charge in [-0.25, -0.2) is 14.8 Å². The minimum absolute atomic E-state index is 0.00685. The zero-order valence-electron chi connectivity index (χ0n) is 18.1. The Bertz CT molecular complexity index is 877. The number of likely N-dealkylation sites (tertiary alicyclic amines) is 1. The molecule has 1 aliphatic heterocycles. The number of carbonyl (C=O) groups is 4. The van der Waals surface area contributed by atoms with Crippen LogP contribution in [0.15, 0.2) is 42.9 Å². The van der Waals surface area contributed by atoms with Crippen LogP contribution in [-0.4, -0.2) is 83.0 Å². The highest BCUT2D eigenvalue weighted by molar-refractivity contribution is 7.98. The summed E-state index contributed by atoms with van der Waals surface area (Å²) in [6.45, 7) is 8.37. The Morgan fingerprint density at radius 2 is 1.58 bits per heavy atom. The van der Waals surface area contributed by atoms with Crippen molar-refractivity contribution < 1.29 is 39.6 Å². The second-order valence-corrected chi connectivity index (χ2v) is 8.13. The molecule has 0 radical (unpaired) electrons. The average Bonchev–Trinajstić information content (AvgIpc) is 2.72. The first kappa shape index (κ1) is 27.8. The lowest BCUT2D eigenvalue weighted by Crippen LogP contribution is -2.61. The molecule has 1 aromatic rings. The monoisotopic (exact) mass is 481 g/mol. The predicted octanol–water partition coefficient (Wildman–Crippen LogP) is 1.69. The molecular formula is C21H27N3O8S. The van der Waals surface area contributed by atoms with Gasteiger partial charge in [0.05, 0.1) is 23.9 Å². The van der Waals surface area contributed by atoms with Crippen LogP contribution in [-0.2, 0) is 14.4 Å². The van der Waals surface area contributed by atoms with Crippen molar-refractivity contribution in [3.8, 4) is 0 Å². The van der Waals surface area contributed by atoms with Gasteiger partial charge in [0.15, 0.2) is 10.8 Å². The van der Waals surface area contributed by atoms with E-state index in [4.69, 9.17) is 20.4 Å². The van der Waals surface area contributed by atoms with Crippen molar-refractivity contribution in [2.75, 3.05) is 12.8 Å². The van der Waals surface area contributed by atoms with Crippen LogP contribution in [0.4, 0.5) is 0 Å². The third-order valence-electron chi connectivity index (χ3n) is 5.01. The van der Waals surface area contributed by atoms with E-state index in [9.17, 15) is 19.2 Å². The molecule has 1 amide bonds. The zero-order valence-corrected chi connectivity index (χ0v) is 19.0. The molecule has 0 unspecified atom stereocenters. The molecule has 11 nitrogen and oxygen atoms in total. The molecule has 2 rings (SSSR count). The highest BCUT2D eigenvalue weighted by atomic mass is 32.2. The van der Waals surface area contributed by atoms with Crippen LogP contribution in [0.2, 0.25) is 0 Å². The molecule has 2 heterocycles. The van der Waals surface area contributed by atoms with Crippen molar-refractivity contribution in [3.05, 3.63) is 43.3 Å². The molecule has 0 atom stereocenters. The normalized spacial score (nSPS) is 14.2. The first-order valence-electron chi connectivity index (χ1n) is 9.74. The van der Waals surface area contributed by atoms with Gasteiger partial charge in [-0.05, 0) is 25.5 Å². The number of hydrogen-bond acceptors (Lipinski definition) is 8. The fourth-order valence-corrected chi connectivity index (χ4v) is 3.62. The number of amides is 1. The summed E-state index contributed by atoms with van der Waals surface area (Å²) in [5.41, 5.74) is -2.35. The van der Waals surface area contributed by atoms with Crippen LogP contribution >= 0.6 is 11.8 Å². The number of aliphatic carboxylic acids is 3. The molecule has 4 N–H and O–H groups in total. The first-order valence-corrected chi connectivity index (χ1v) is 11.0. The highest BCUT2D eigenvalue weighted by Gasteiger charge is 2.45. The SMILES string of the molecule is C=CCC1(CC=C)CCN1C(=O)c1cnc(SC)nc1.O=C(O)CC(O)(CC(=O)O)C(=O)O. The molecule has 1 saturated heterocycles. The zero-order chi connectivity index (χ0) is 25.2. The van der Waals surface area contributed by atoms with Crippen molar-refractivity contribution in [1.29, 1.82) is 0 Å².